The van der Waals surface area contributed by atoms with Gasteiger partial charge in [-0.1, -0.05) is 48.5 Å². The van der Waals surface area contributed by atoms with Gasteiger partial charge < -0.3 is 14.6 Å². The van der Waals surface area contributed by atoms with E-state index in [1.165, 1.54) is 32.4 Å². The predicted octanol–water partition coefficient (Wildman–Crippen LogP) is 4.14. The molecule has 4 rings (SSSR count). The third kappa shape index (κ3) is 5.10. The lowest BCUT2D eigenvalue weighted by Gasteiger charge is -2.18. The summed E-state index contributed by atoms with van der Waals surface area (Å²) in [7, 11) is 2.68. The number of hydrogen-bond donors (Lipinski definition) is 2. The Morgan fingerprint density at radius 2 is 1.60 bits per heavy atom. The lowest BCUT2D eigenvalue weighted by molar-refractivity contribution is -0.159. The van der Waals surface area contributed by atoms with Gasteiger partial charge in [0, 0.05) is 24.7 Å². The standard InChI is InChI=1S/C26H24N2O7/c1-28(35-15-24(29)30)25(31)21-12-11-16(13-23(21)33-2)27-26(32)34-14-22-19-9-5-3-7-17(19)18-8-4-6-10-20(18)22/h3-13,22H,14-15H2,1-2H3,(H,27,32)(H,29,30). The number of anilines is 1. The van der Waals surface area contributed by atoms with Gasteiger partial charge in [-0.05, 0) is 34.4 Å². The molecule has 0 radical (unpaired) electrons. The smallest absolute Gasteiger partial charge is 0.411 e. The average Bonchev–Trinajstić information content (AvgIpc) is 3.19. The molecule has 0 saturated carbocycles. The molecule has 3 aromatic rings. The Kier molecular flexibility index (Phi) is 6.98. The molecule has 1 aliphatic rings. The van der Waals surface area contributed by atoms with Crippen molar-refractivity contribution in [3.63, 3.8) is 0 Å². The number of hydrogen-bond acceptors (Lipinski definition) is 6. The van der Waals surface area contributed by atoms with Crippen LogP contribution in [-0.4, -0.2) is 55.5 Å². The fourth-order valence-corrected chi connectivity index (χ4v) is 4.08. The summed E-state index contributed by atoms with van der Waals surface area (Å²) >= 11 is 0. The molecule has 0 atom stereocenters. The van der Waals surface area contributed by atoms with Crippen molar-refractivity contribution in [1.29, 1.82) is 0 Å². The number of methoxy groups -OCH3 is 1. The van der Waals surface area contributed by atoms with Crippen LogP contribution in [0.25, 0.3) is 11.1 Å². The topological polar surface area (TPSA) is 114 Å². The molecule has 9 nitrogen and oxygen atoms in total. The summed E-state index contributed by atoms with van der Waals surface area (Å²) in [6, 6.07) is 20.6. The Bertz CT molecular complexity index is 1230. The number of nitrogens with zero attached hydrogens (tertiary/aromatic N) is 1. The van der Waals surface area contributed by atoms with Gasteiger partial charge in [0.2, 0.25) is 0 Å². The molecule has 0 saturated heterocycles. The minimum Gasteiger partial charge on any atom is -0.496 e. The lowest BCUT2D eigenvalue weighted by atomic mass is 9.98. The van der Waals surface area contributed by atoms with E-state index in [0.717, 1.165) is 27.3 Å². The SMILES string of the molecule is COc1cc(NC(=O)OCC2c3ccccc3-c3ccccc32)ccc1C(=O)N(C)OCC(=O)O. The number of fused-ring (bicyclic) bond motifs is 3. The highest BCUT2D eigenvalue weighted by Gasteiger charge is 2.29. The van der Waals surface area contributed by atoms with E-state index in [-0.39, 0.29) is 23.8 Å². The first-order valence-corrected chi connectivity index (χ1v) is 10.8. The van der Waals surface area contributed by atoms with Crippen molar-refractivity contribution in [2.24, 2.45) is 0 Å². The number of carboxylic acids is 1. The molecular formula is C26H24N2O7. The monoisotopic (exact) mass is 476 g/mol. The summed E-state index contributed by atoms with van der Waals surface area (Å²) in [5, 5.41) is 12.2. The molecule has 0 unspecified atom stereocenters. The van der Waals surface area contributed by atoms with Crippen LogP contribution in [0.2, 0.25) is 0 Å². The van der Waals surface area contributed by atoms with Gasteiger partial charge in [-0.25, -0.2) is 14.7 Å². The largest absolute Gasteiger partial charge is 0.496 e. The van der Waals surface area contributed by atoms with Crippen molar-refractivity contribution in [1.82, 2.24) is 5.06 Å². The number of carboxylic acid groups (broad SMARTS) is 1. The lowest BCUT2D eigenvalue weighted by Crippen LogP contribution is -2.29. The van der Waals surface area contributed by atoms with Crippen molar-refractivity contribution < 1.29 is 33.8 Å². The summed E-state index contributed by atoms with van der Waals surface area (Å²) < 4.78 is 10.8. The number of ether oxygens (including phenoxy) is 2. The van der Waals surface area contributed by atoms with Crippen LogP contribution in [0.4, 0.5) is 10.5 Å². The van der Waals surface area contributed by atoms with Crippen LogP contribution < -0.4 is 10.1 Å². The highest BCUT2D eigenvalue weighted by atomic mass is 16.7. The summed E-state index contributed by atoms with van der Waals surface area (Å²) in [6.07, 6.45) is -0.644. The van der Waals surface area contributed by atoms with Crippen LogP contribution in [0, 0.1) is 0 Å². The Hall–Kier alpha value is -4.37. The third-order valence-corrected chi connectivity index (χ3v) is 5.69. The van der Waals surface area contributed by atoms with Gasteiger partial charge >= 0.3 is 12.1 Å². The second-order valence-electron chi connectivity index (χ2n) is 7.84. The van der Waals surface area contributed by atoms with E-state index in [9.17, 15) is 14.4 Å². The highest BCUT2D eigenvalue weighted by molar-refractivity contribution is 5.97. The molecular weight excluding hydrogens is 452 g/mol. The molecule has 35 heavy (non-hydrogen) atoms. The summed E-state index contributed by atoms with van der Waals surface area (Å²) in [6.45, 7) is -0.495. The molecule has 0 spiro atoms. The average molecular weight is 476 g/mol. The molecule has 2 N–H and O–H groups in total. The van der Waals surface area contributed by atoms with Gasteiger partial charge in [0.25, 0.3) is 5.91 Å². The summed E-state index contributed by atoms with van der Waals surface area (Å²) in [4.78, 5) is 40.6. The van der Waals surface area contributed by atoms with Gasteiger partial charge in [-0.3, -0.25) is 14.9 Å². The zero-order valence-corrected chi connectivity index (χ0v) is 19.2. The number of aliphatic carboxylic acids is 1. The molecule has 0 heterocycles. The van der Waals surface area contributed by atoms with Crippen LogP contribution in [-0.2, 0) is 14.4 Å². The first kappa shape index (κ1) is 23.8. The number of benzene rings is 3. The quantitative estimate of drug-likeness (QED) is 0.470. The van der Waals surface area contributed by atoms with Crippen LogP contribution in [0.15, 0.2) is 66.7 Å². The van der Waals surface area contributed by atoms with E-state index in [2.05, 4.69) is 17.4 Å². The third-order valence-electron chi connectivity index (χ3n) is 5.69. The molecule has 180 valence electrons. The van der Waals surface area contributed by atoms with E-state index in [1.807, 2.05) is 36.4 Å². The molecule has 2 amide bonds. The second-order valence-corrected chi connectivity index (χ2v) is 7.84. The van der Waals surface area contributed by atoms with E-state index >= 15 is 0 Å². The van der Waals surface area contributed by atoms with Crippen LogP contribution in [0.3, 0.4) is 0 Å². The Balaban J connectivity index is 1.42. The molecule has 0 bridgehead atoms. The Morgan fingerprint density at radius 3 is 2.20 bits per heavy atom. The molecule has 9 heteroatoms. The van der Waals surface area contributed by atoms with Crippen molar-refractivity contribution >= 4 is 23.7 Å². The van der Waals surface area contributed by atoms with Gasteiger partial charge in [-0.2, -0.15) is 0 Å². The van der Waals surface area contributed by atoms with Gasteiger partial charge in [-0.15, -0.1) is 0 Å². The number of carbonyl (C=O) groups is 3. The fraction of sp³-hybridized carbons (Fsp3) is 0.192. The van der Waals surface area contributed by atoms with Crippen molar-refractivity contribution in [3.05, 3.63) is 83.4 Å². The van der Waals surface area contributed by atoms with E-state index < -0.39 is 24.6 Å². The number of amides is 2. The van der Waals surface area contributed by atoms with Crippen LogP contribution >= 0.6 is 0 Å². The minimum atomic E-state index is -1.21. The zero-order chi connectivity index (χ0) is 24.9. The number of rotatable bonds is 8. The number of hydroxylamine groups is 2. The number of nitrogens with one attached hydrogen (secondary N) is 1. The van der Waals surface area contributed by atoms with Crippen LogP contribution in [0.1, 0.15) is 27.4 Å². The van der Waals surface area contributed by atoms with Crippen molar-refractivity contribution in [2.45, 2.75) is 5.92 Å². The van der Waals surface area contributed by atoms with E-state index in [4.69, 9.17) is 19.4 Å². The molecule has 0 aromatic heterocycles. The summed E-state index contributed by atoms with van der Waals surface area (Å²) in [5.41, 5.74) is 5.00. The molecule has 0 aliphatic heterocycles. The van der Waals surface area contributed by atoms with Gasteiger partial charge in [0.1, 0.15) is 12.4 Å². The number of carbonyl (C=O) groups excluding carboxylic acids is 2. The Labute approximate surface area is 201 Å². The van der Waals surface area contributed by atoms with Crippen molar-refractivity contribution in [3.8, 4) is 16.9 Å². The van der Waals surface area contributed by atoms with Crippen molar-refractivity contribution in [2.75, 3.05) is 32.7 Å². The first-order chi connectivity index (χ1) is 16.9. The maximum absolute atomic E-state index is 12.5. The van der Waals surface area contributed by atoms with E-state index in [1.54, 1.807) is 0 Å². The summed E-state index contributed by atoms with van der Waals surface area (Å²) in [5.74, 6) is -1.70. The minimum absolute atomic E-state index is 0.0657. The highest BCUT2D eigenvalue weighted by Crippen LogP contribution is 2.44. The molecule has 1 aliphatic carbocycles. The zero-order valence-electron chi connectivity index (χ0n) is 19.2. The normalized spacial score (nSPS) is 11.8. The first-order valence-electron chi connectivity index (χ1n) is 10.8. The van der Waals surface area contributed by atoms with Gasteiger partial charge in [0.15, 0.2) is 6.61 Å². The predicted molar refractivity (Wildman–Crippen MR) is 127 cm³/mol. The maximum Gasteiger partial charge on any atom is 0.411 e. The van der Waals surface area contributed by atoms with E-state index in [0.29, 0.717) is 5.69 Å². The van der Waals surface area contributed by atoms with Gasteiger partial charge in [0.05, 0.1) is 12.7 Å². The second kappa shape index (κ2) is 10.3. The molecule has 3 aromatic carbocycles. The van der Waals surface area contributed by atoms with Crippen LogP contribution in [0.5, 0.6) is 5.75 Å². The molecule has 0 fully saturated rings. The fourth-order valence-electron chi connectivity index (χ4n) is 4.08. The maximum atomic E-state index is 12.5. The Morgan fingerprint density at radius 1 is 0.971 bits per heavy atom.